The third-order valence-corrected chi connectivity index (χ3v) is 5.46. The number of rotatable bonds is 8. The topological polar surface area (TPSA) is 44.9 Å². The zero-order chi connectivity index (χ0) is 19.9. The fraction of sp³-hybridized carbons (Fsp3) is 0.192. The number of benzene rings is 3. The highest BCUT2D eigenvalue weighted by molar-refractivity contribution is 5.84. The Morgan fingerprint density at radius 1 is 0.828 bits per heavy atom. The molecule has 4 aromatic rings. The van der Waals surface area contributed by atoms with Crippen LogP contribution in [0.25, 0.3) is 10.9 Å². The summed E-state index contributed by atoms with van der Waals surface area (Å²) < 4.78 is 0. The third kappa shape index (κ3) is 4.75. The Bertz CT molecular complexity index is 1010. The van der Waals surface area contributed by atoms with E-state index in [0.717, 1.165) is 18.4 Å². The van der Waals surface area contributed by atoms with E-state index in [0.29, 0.717) is 13.0 Å². The number of carbonyl (C=O) groups is 1. The molecule has 2 N–H and O–H groups in total. The first-order valence-electron chi connectivity index (χ1n) is 10.2. The molecular formula is C26H26N2O. The Morgan fingerprint density at radius 3 is 2.14 bits per heavy atom. The van der Waals surface area contributed by atoms with Crippen LogP contribution in [0.1, 0.15) is 35.4 Å². The monoisotopic (exact) mass is 382 g/mol. The molecule has 0 saturated heterocycles. The number of hydrogen-bond donors (Lipinski definition) is 2. The highest BCUT2D eigenvalue weighted by Crippen LogP contribution is 2.27. The molecule has 3 aromatic carbocycles. The van der Waals surface area contributed by atoms with Crippen LogP contribution in [-0.2, 0) is 11.2 Å². The van der Waals surface area contributed by atoms with Crippen molar-refractivity contribution in [2.75, 3.05) is 6.54 Å². The fourth-order valence-corrected chi connectivity index (χ4v) is 3.93. The van der Waals surface area contributed by atoms with Gasteiger partial charge in [-0.3, -0.25) is 4.79 Å². The molecule has 0 bridgehead atoms. The van der Waals surface area contributed by atoms with Gasteiger partial charge in [0.15, 0.2) is 0 Å². The number of aromatic amines is 1. The SMILES string of the molecule is O=C(CCc1c[nH]c2ccccc12)NCCC(c1ccccc1)c1ccccc1. The number of aromatic nitrogens is 1. The molecule has 0 saturated carbocycles. The Hall–Kier alpha value is -3.33. The van der Waals surface area contributed by atoms with Crippen molar-refractivity contribution in [2.24, 2.45) is 0 Å². The second-order valence-corrected chi connectivity index (χ2v) is 7.37. The van der Waals surface area contributed by atoms with Gasteiger partial charge in [-0.15, -0.1) is 0 Å². The highest BCUT2D eigenvalue weighted by Gasteiger charge is 2.14. The van der Waals surface area contributed by atoms with Gasteiger partial charge < -0.3 is 10.3 Å². The van der Waals surface area contributed by atoms with Crippen LogP contribution in [-0.4, -0.2) is 17.4 Å². The van der Waals surface area contributed by atoms with Crippen molar-refractivity contribution < 1.29 is 4.79 Å². The molecule has 0 spiro atoms. The number of fused-ring (bicyclic) bond motifs is 1. The lowest BCUT2D eigenvalue weighted by Crippen LogP contribution is -2.26. The van der Waals surface area contributed by atoms with Gasteiger partial charge in [-0.2, -0.15) is 0 Å². The molecule has 0 aliphatic rings. The number of amides is 1. The Labute approximate surface area is 171 Å². The smallest absolute Gasteiger partial charge is 0.220 e. The molecule has 1 heterocycles. The summed E-state index contributed by atoms with van der Waals surface area (Å²) >= 11 is 0. The van der Waals surface area contributed by atoms with Crippen LogP contribution in [0, 0.1) is 0 Å². The quantitative estimate of drug-likeness (QED) is 0.419. The number of hydrogen-bond acceptors (Lipinski definition) is 1. The summed E-state index contributed by atoms with van der Waals surface area (Å²) in [5.41, 5.74) is 4.89. The number of H-pyrrole nitrogens is 1. The number of aryl methyl sites for hydroxylation is 1. The van der Waals surface area contributed by atoms with E-state index in [-0.39, 0.29) is 11.8 Å². The molecule has 3 heteroatoms. The second kappa shape index (κ2) is 9.24. The number of carbonyl (C=O) groups excluding carboxylic acids is 1. The minimum atomic E-state index is 0.107. The molecule has 0 aliphatic carbocycles. The maximum Gasteiger partial charge on any atom is 0.220 e. The molecule has 4 rings (SSSR count). The number of nitrogens with one attached hydrogen (secondary N) is 2. The van der Waals surface area contributed by atoms with Gasteiger partial charge in [-0.25, -0.2) is 0 Å². The van der Waals surface area contributed by atoms with Gasteiger partial charge in [0.2, 0.25) is 5.91 Å². The van der Waals surface area contributed by atoms with Gasteiger partial charge in [0.05, 0.1) is 0 Å². The van der Waals surface area contributed by atoms with Gasteiger partial charge >= 0.3 is 0 Å². The maximum atomic E-state index is 12.4. The van der Waals surface area contributed by atoms with E-state index in [2.05, 4.69) is 71.0 Å². The summed E-state index contributed by atoms with van der Waals surface area (Å²) in [6.45, 7) is 0.668. The van der Waals surface area contributed by atoms with Gasteiger partial charge in [0, 0.05) is 36.0 Å². The van der Waals surface area contributed by atoms with E-state index in [1.807, 2.05) is 30.5 Å². The maximum absolute atomic E-state index is 12.4. The van der Waals surface area contributed by atoms with Crippen molar-refractivity contribution in [1.82, 2.24) is 10.3 Å². The van der Waals surface area contributed by atoms with Crippen molar-refractivity contribution in [3.63, 3.8) is 0 Å². The third-order valence-electron chi connectivity index (χ3n) is 5.46. The van der Waals surface area contributed by atoms with E-state index in [1.165, 1.54) is 22.1 Å². The summed E-state index contributed by atoms with van der Waals surface area (Å²) in [7, 11) is 0. The highest BCUT2D eigenvalue weighted by atomic mass is 16.1. The normalized spacial score (nSPS) is 11.1. The van der Waals surface area contributed by atoms with Crippen molar-refractivity contribution >= 4 is 16.8 Å². The summed E-state index contributed by atoms with van der Waals surface area (Å²) in [5.74, 6) is 0.390. The van der Waals surface area contributed by atoms with Crippen LogP contribution in [0.5, 0.6) is 0 Å². The van der Waals surface area contributed by atoms with E-state index in [1.54, 1.807) is 0 Å². The largest absolute Gasteiger partial charge is 0.361 e. The van der Waals surface area contributed by atoms with Gasteiger partial charge in [0.25, 0.3) is 0 Å². The molecule has 0 atom stereocenters. The summed E-state index contributed by atoms with van der Waals surface area (Å²) in [6.07, 6.45) is 4.14. The average Bonchev–Trinajstić information content (AvgIpc) is 3.20. The lowest BCUT2D eigenvalue weighted by molar-refractivity contribution is -0.121. The molecule has 1 aromatic heterocycles. The first-order valence-corrected chi connectivity index (χ1v) is 10.2. The van der Waals surface area contributed by atoms with Gasteiger partial charge in [-0.05, 0) is 35.6 Å². The Morgan fingerprint density at radius 2 is 1.45 bits per heavy atom. The van der Waals surface area contributed by atoms with E-state index in [9.17, 15) is 4.79 Å². The van der Waals surface area contributed by atoms with Crippen LogP contribution in [0.15, 0.2) is 91.1 Å². The fourth-order valence-electron chi connectivity index (χ4n) is 3.93. The molecule has 0 radical (unpaired) electrons. The predicted molar refractivity (Wildman–Crippen MR) is 119 cm³/mol. The van der Waals surface area contributed by atoms with Crippen LogP contribution in [0.2, 0.25) is 0 Å². The van der Waals surface area contributed by atoms with Gasteiger partial charge in [0.1, 0.15) is 0 Å². The van der Waals surface area contributed by atoms with E-state index >= 15 is 0 Å². The summed E-state index contributed by atoms with van der Waals surface area (Å²) in [6, 6.07) is 29.2. The average molecular weight is 383 g/mol. The molecular weight excluding hydrogens is 356 g/mol. The first-order chi connectivity index (χ1) is 14.3. The van der Waals surface area contributed by atoms with Crippen molar-refractivity contribution in [1.29, 1.82) is 0 Å². The Kier molecular flexibility index (Phi) is 6.06. The zero-order valence-electron chi connectivity index (χ0n) is 16.5. The van der Waals surface area contributed by atoms with Crippen molar-refractivity contribution in [3.05, 3.63) is 108 Å². The first kappa shape index (κ1) is 19.0. The van der Waals surface area contributed by atoms with Gasteiger partial charge in [-0.1, -0.05) is 78.9 Å². The van der Waals surface area contributed by atoms with Crippen molar-refractivity contribution in [2.45, 2.75) is 25.2 Å². The molecule has 3 nitrogen and oxygen atoms in total. The number of para-hydroxylation sites is 1. The molecule has 146 valence electrons. The standard InChI is InChI=1S/C26H26N2O/c29-26(16-15-22-19-28-25-14-8-7-13-24(22)25)27-18-17-23(20-9-3-1-4-10-20)21-11-5-2-6-12-21/h1-14,19,23,28H,15-18H2,(H,27,29). The van der Waals surface area contributed by atoms with E-state index < -0.39 is 0 Å². The van der Waals surface area contributed by atoms with Crippen molar-refractivity contribution in [3.8, 4) is 0 Å². The molecule has 0 unspecified atom stereocenters. The second-order valence-electron chi connectivity index (χ2n) is 7.37. The lowest BCUT2D eigenvalue weighted by atomic mass is 9.88. The lowest BCUT2D eigenvalue weighted by Gasteiger charge is -2.18. The van der Waals surface area contributed by atoms with Crippen LogP contribution in [0.4, 0.5) is 0 Å². The minimum Gasteiger partial charge on any atom is -0.361 e. The Balaban J connectivity index is 1.33. The zero-order valence-corrected chi connectivity index (χ0v) is 16.5. The van der Waals surface area contributed by atoms with Crippen LogP contribution in [0.3, 0.4) is 0 Å². The molecule has 1 amide bonds. The summed E-state index contributed by atoms with van der Waals surface area (Å²) in [4.78, 5) is 15.7. The van der Waals surface area contributed by atoms with Crippen LogP contribution < -0.4 is 5.32 Å². The van der Waals surface area contributed by atoms with E-state index in [4.69, 9.17) is 0 Å². The molecule has 0 aliphatic heterocycles. The molecule has 0 fully saturated rings. The predicted octanol–water partition coefficient (Wildman–Crippen LogP) is 5.44. The molecule has 29 heavy (non-hydrogen) atoms. The minimum absolute atomic E-state index is 0.107. The van der Waals surface area contributed by atoms with Crippen LogP contribution >= 0.6 is 0 Å². The summed E-state index contributed by atoms with van der Waals surface area (Å²) in [5, 5.41) is 4.32.